The van der Waals surface area contributed by atoms with Crippen molar-refractivity contribution >= 4 is 46.7 Å². The van der Waals surface area contributed by atoms with E-state index in [0.29, 0.717) is 30.7 Å². The number of hydrogen-bond acceptors (Lipinski definition) is 4. The van der Waals surface area contributed by atoms with Crippen molar-refractivity contribution in [1.29, 1.82) is 0 Å². The molecule has 0 aromatic heterocycles. The van der Waals surface area contributed by atoms with E-state index in [0.717, 1.165) is 56.8 Å². The third kappa shape index (κ3) is 9.41. The van der Waals surface area contributed by atoms with Gasteiger partial charge in [0.15, 0.2) is 5.96 Å². The Kier molecular flexibility index (Phi) is 13.4. The molecule has 2 aliphatic rings. The fourth-order valence-corrected chi connectivity index (χ4v) is 5.28. The molecule has 0 saturated heterocycles. The SMILES string of the molecule is CCNC(=NCCCC(=O)OC1CCCC1)NC1CCCC(S(=O)CC)C1.I. The number of rotatable bonds is 9. The van der Waals surface area contributed by atoms with Gasteiger partial charge in [0.05, 0.1) is 0 Å². The Labute approximate surface area is 189 Å². The molecule has 2 saturated carbocycles. The highest BCUT2D eigenvalue weighted by Crippen LogP contribution is 2.23. The van der Waals surface area contributed by atoms with Crippen LogP contribution in [0.3, 0.4) is 0 Å². The standard InChI is InChI=1S/C20H37N3O3S.HI/c1-3-21-20(23-16-9-7-12-18(15-16)27(25)4-2)22-14-8-13-19(24)26-17-10-5-6-11-17;/h16-18H,3-15H2,1-2H3,(H2,21,22,23);1H. The van der Waals surface area contributed by atoms with E-state index in [4.69, 9.17) is 4.74 Å². The van der Waals surface area contributed by atoms with Gasteiger partial charge in [-0.25, -0.2) is 0 Å². The normalized spacial score (nSPS) is 24.3. The van der Waals surface area contributed by atoms with Gasteiger partial charge in [0, 0.05) is 47.4 Å². The molecular weight excluding hydrogens is 489 g/mol. The van der Waals surface area contributed by atoms with E-state index in [1.807, 2.05) is 13.8 Å². The summed E-state index contributed by atoms with van der Waals surface area (Å²) >= 11 is 0. The smallest absolute Gasteiger partial charge is 0.306 e. The fourth-order valence-electron chi connectivity index (χ4n) is 3.93. The van der Waals surface area contributed by atoms with Crippen LogP contribution in [0, 0.1) is 0 Å². The Morgan fingerprint density at radius 1 is 1.14 bits per heavy atom. The first kappa shape index (κ1) is 25.7. The summed E-state index contributed by atoms with van der Waals surface area (Å²) < 4.78 is 17.6. The molecule has 0 aromatic rings. The van der Waals surface area contributed by atoms with E-state index < -0.39 is 10.8 Å². The van der Waals surface area contributed by atoms with Crippen molar-refractivity contribution in [3.8, 4) is 0 Å². The first-order valence-corrected chi connectivity index (χ1v) is 12.1. The van der Waals surface area contributed by atoms with Crippen LogP contribution in [0.15, 0.2) is 4.99 Å². The summed E-state index contributed by atoms with van der Waals surface area (Å²) in [4.78, 5) is 16.5. The average Bonchev–Trinajstić information content (AvgIpc) is 3.17. The Morgan fingerprint density at radius 3 is 2.57 bits per heavy atom. The summed E-state index contributed by atoms with van der Waals surface area (Å²) in [6.07, 6.45) is 9.88. The molecule has 2 N–H and O–H groups in total. The van der Waals surface area contributed by atoms with Gasteiger partial charge in [0.2, 0.25) is 0 Å². The predicted molar refractivity (Wildman–Crippen MR) is 127 cm³/mol. The molecule has 0 bridgehead atoms. The highest BCUT2D eigenvalue weighted by Gasteiger charge is 2.26. The third-order valence-electron chi connectivity index (χ3n) is 5.38. The summed E-state index contributed by atoms with van der Waals surface area (Å²) in [7, 11) is -0.719. The van der Waals surface area contributed by atoms with Gasteiger partial charge in [-0.05, 0) is 58.3 Å². The van der Waals surface area contributed by atoms with E-state index >= 15 is 0 Å². The molecule has 3 atom stereocenters. The zero-order valence-electron chi connectivity index (χ0n) is 17.4. The first-order valence-electron chi connectivity index (χ1n) is 10.7. The summed E-state index contributed by atoms with van der Waals surface area (Å²) in [5.74, 6) is 1.45. The third-order valence-corrected chi connectivity index (χ3v) is 7.12. The van der Waals surface area contributed by atoms with Crippen molar-refractivity contribution in [1.82, 2.24) is 10.6 Å². The van der Waals surface area contributed by atoms with E-state index in [9.17, 15) is 9.00 Å². The minimum absolute atomic E-state index is 0. The quantitative estimate of drug-likeness (QED) is 0.158. The molecular formula is C20H38IN3O3S. The van der Waals surface area contributed by atoms with Crippen molar-refractivity contribution in [3.05, 3.63) is 0 Å². The molecule has 164 valence electrons. The summed E-state index contributed by atoms with van der Waals surface area (Å²) in [6, 6.07) is 0.324. The molecule has 0 radical (unpaired) electrons. The monoisotopic (exact) mass is 527 g/mol. The molecule has 0 spiro atoms. The summed E-state index contributed by atoms with van der Waals surface area (Å²) in [6.45, 7) is 5.45. The number of nitrogens with one attached hydrogen (secondary N) is 2. The van der Waals surface area contributed by atoms with Gasteiger partial charge in [0.25, 0.3) is 0 Å². The Hall–Kier alpha value is -0.380. The Bertz CT molecular complexity index is 513. The molecule has 3 unspecified atom stereocenters. The maximum absolute atomic E-state index is 12.1. The number of ether oxygens (including phenoxy) is 1. The van der Waals surface area contributed by atoms with Gasteiger partial charge in [-0.1, -0.05) is 13.3 Å². The van der Waals surface area contributed by atoms with Crippen molar-refractivity contribution in [3.63, 3.8) is 0 Å². The minimum Gasteiger partial charge on any atom is -0.462 e. The van der Waals surface area contributed by atoms with Crippen LogP contribution >= 0.6 is 24.0 Å². The van der Waals surface area contributed by atoms with Crippen LogP contribution in [0.5, 0.6) is 0 Å². The summed E-state index contributed by atoms with van der Waals surface area (Å²) in [5, 5.41) is 7.08. The fraction of sp³-hybridized carbons (Fsp3) is 0.900. The number of carbonyl (C=O) groups excluding carboxylic acids is 1. The zero-order chi connectivity index (χ0) is 19.5. The van der Waals surface area contributed by atoms with Gasteiger partial charge in [0.1, 0.15) is 6.10 Å². The van der Waals surface area contributed by atoms with Gasteiger partial charge in [-0.15, -0.1) is 24.0 Å². The van der Waals surface area contributed by atoms with Gasteiger partial charge in [-0.3, -0.25) is 14.0 Å². The van der Waals surface area contributed by atoms with E-state index in [-0.39, 0.29) is 36.0 Å². The number of carbonyl (C=O) groups is 1. The van der Waals surface area contributed by atoms with Crippen LogP contribution in [0.25, 0.3) is 0 Å². The zero-order valence-corrected chi connectivity index (χ0v) is 20.6. The van der Waals surface area contributed by atoms with Crippen LogP contribution < -0.4 is 10.6 Å². The molecule has 8 heteroatoms. The van der Waals surface area contributed by atoms with Crippen molar-refractivity contribution < 1.29 is 13.7 Å². The first-order chi connectivity index (χ1) is 13.1. The predicted octanol–water partition coefficient (Wildman–Crippen LogP) is 3.51. The van der Waals surface area contributed by atoms with E-state index in [2.05, 4.69) is 15.6 Å². The number of esters is 1. The van der Waals surface area contributed by atoms with E-state index in [1.165, 1.54) is 12.8 Å². The number of halogens is 1. The van der Waals surface area contributed by atoms with Crippen LogP contribution in [0.1, 0.15) is 78.1 Å². The number of hydrogen-bond donors (Lipinski definition) is 2. The second kappa shape index (κ2) is 14.6. The maximum atomic E-state index is 12.1. The lowest BCUT2D eigenvalue weighted by atomic mass is 9.95. The molecule has 28 heavy (non-hydrogen) atoms. The van der Waals surface area contributed by atoms with Crippen molar-refractivity contribution in [2.75, 3.05) is 18.8 Å². The summed E-state index contributed by atoms with van der Waals surface area (Å²) in [5.41, 5.74) is 0. The van der Waals surface area contributed by atoms with Crippen molar-refractivity contribution in [2.45, 2.75) is 95.5 Å². The average molecular weight is 528 g/mol. The Balaban J connectivity index is 0.00000392. The van der Waals surface area contributed by atoms with Crippen LogP contribution in [0.2, 0.25) is 0 Å². The number of aliphatic imine (C=N–C) groups is 1. The number of nitrogens with zero attached hydrogens (tertiary/aromatic N) is 1. The maximum Gasteiger partial charge on any atom is 0.306 e. The number of guanidine groups is 1. The molecule has 2 rings (SSSR count). The van der Waals surface area contributed by atoms with Crippen molar-refractivity contribution in [2.24, 2.45) is 4.99 Å². The second-order valence-corrected chi connectivity index (χ2v) is 9.57. The largest absolute Gasteiger partial charge is 0.462 e. The second-order valence-electron chi connectivity index (χ2n) is 7.56. The molecule has 0 aliphatic heterocycles. The molecule has 2 fully saturated rings. The van der Waals surface area contributed by atoms with Crippen LogP contribution in [-0.4, -0.2) is 52.4 Å². The minimum atomic E-state index is -0.719. The lowest BCUT2D eigenvalue weighted by Gasteiger charge is -2.30. The Morgan fingerprint density at radius 2 is 1.89 bits per heavy atom. The van der Waals surface area contributed by atoms with Crippen LogP contribution in [-0.2, 0) is 20.3 Å². The molecule has 0 heterocycles. The van der Waals surface area contributed by atoms with Gasteiger partial charge >= 0.3 is 5.97 Å². The van der Waals surface area contributed by atoms with E-state index in [1.54, 1.807) is 0 Å². The molecule has 0 aromatic carbocycles. The lowest BCUT2D eigenvalue weighted by molar-refractivity contribution is -0.148. The van der Waals surface area contributed by atoms with Gasteiger partial charge < -0.3 is 15.4 Å². The van der Waals surface area contributed by atoms with Gasteiger partial charge in [-0.2, -0.15) is 0 Å². The topological polar surface area (TPSA) is 79.8 Å². The van der Waals surface area contributed by atoms with Crippen LogP contribution in [0.4, 0.5) is 0 Å². The molecule has 2 aliphatic carbocycles. The molecule has 6 nitrogen and oxygen atoms in total. The molecule has 0 amide bonds. The highest BCUT2D eigenvalue weighted by atomic mass is 127. The lowest BCUT2D eigenvalue weighted by Crippen LogP contribution is -2.46. The highest BCUT2D eigenvalue weighted by molar-refractivity contribution is 14.0.